The van der Waals surface area contributed by atoms with Crippen LogP contribution in [0.25, 0.3) is 0 Å². The molecule has 0 amide bonds. The molecule has 3 nitrogen and oxygen atoms in total. The van der Waals surface area contributed by atoms with Gasteiger partial charge in [0.05, 0.1) is 6.10 Å². The molecule has 3 N–H and O–H groups in total. The minimum atomic E-state index is -0.365. The first kappa shape index (κ1) is 12.8. The number of anilines is 1. The van der Waals surface area contributed by atoms with Crippen molar-refractivity contribution >= 4 is 22.9 Å². The molecule has 2 fully saturated rings. The highest BCUT2D eigenvalue weighted by molar-refractivity contribution is 7.80. The molecule has 2 unspecified atom stereocenters. The van der Waals surface area contributed by atoms with E-state index < -0.39 is 0 Å². The Morgan fingerprint density at radius 3 is 2.47 bits per heavy atom. The maximum absolute atomic E-state index is 14.0. The van der Waals surface area contributed by atoms with Gasteiger partial charge in [-0.25, -0.2) is 4.39 Å². The first-order valence-corrected chi connectivity index (χ1v) is 7.03. The Labute approximate surface area is 117 Å². The lowest BCUT2D eigenvalue weighted by atomic mass is 9.98. The lowest BCUT2D eigenvalue weighted by Gasteiger charge is -2.39. The summed E-state index contributed by atoms with van der Waals surface area (Å²) in [6.07, 6.45) is 3.47. The average Bonchev–Trinajstić information content (AvgIpc) is 2.61. The normalized spacial score (nSPS) is 29.6. The van der Waals surface area contributed by atoms with Gasteiger partial charge in [0.2, 0.25) is 0 Å². The quantitative estimate of drug-likeness (QED) is 0.813. The Morgan fingerprint density at radius 1 is 1.32 bits per heavy atom. The third-order valence-electron chi connectivity index (χ3n) is 4.22. The van der Waals surface area contributed by atoms with Crippen molar-refractivity contribution in [3.05, 3.63) is 29.6 Å². The van der Waals surface area contributed by atoms with Gasteiger partial charge in [-0.05, 0) is 43.9 Å². The number of aliphatic hydroxyl groups excluding tert-OH is 1. The number of hydrogen-bond donors (Lipinski definition) is 2. The summed E-state index contributed by atoms with van der Waals surface area (Å²) in [5.41, 5.74) is 6.64. The van der Waals surface area contributed by atoms with E-state index in [2.05, 4.69) is 4.90 Å². The number of aliphatic hydroxyl groups is 1. The highest BCUT2D eigenvalue weighted by atomic mass is 32.1. The van der Waals surface area contributed by atoms with E-state index in [9.17, 15) is 9.50 Å². The van der Waals surface area contributed by atoms with Gasteiger partial charge in [-0.15, -0.1) is 0 Å². The molecule has 5 heteroatoms. The molecule has 2 heterocycles. The predicted molar refractivity (Wildman–Crippen MR) is 76.8 cm³/mol. The first-order chi connectivity index (χ1) is 9.06. The number of nitrogens with two attached hydrogens (primary N) is 1. The summed E-state index contributed by atoms with van der Waals surface area (Å²) in [4.78, 5) is 2.33. The van der Waals surface area contributed by atoms with Crippen molar-refractivity contribution < 1.29 is 9.50 Å². The number of hydrogen-bond acceptors (Lipinski definition) is 3. The number of nitrogens with zero attached hydrogens (tertiary/aromatic N) is 1. The van der Waals surface area contributed by atoms with Crippen molar-refractivity contribution in [1.82, 2.24) is 0 Å². The van der Waals surface area contributed by atoms with Gasteiger partial charge in [0.15, 0.2) is 0 Å². The molecule has 0 radical (unpaired) electrons. The SMILES string of the molecule is NC(=S)c1ccc(N2C3CCC2CC(O)C3)cc1F. The van der Waals surface area contributed by atoms with Crippen LogP contribution in [0.1, 0.15) is 31.2 Å². The zero-order valence-corrected chi connectivity index (χ0v) is 11.4. The maximum Gasteiger partial charge on any atom is 0.135 e. The molecular formula is C14H17FN2OS. The summed E-state index contributed by atoms with van der Waals surface area (Å²) in [6, 6.07) is 5.68. The Balaban J connectivity index is 1.91. The molecule has 0 aliphatic carbocycles. The topological polar surface area (TPSA) is 49.5 Å². The number of fused-ring (bicyclic) bond motifs is 2. The highest BCUT2D eigenvalue weighted by Crippen LogP contribution is 2.39. The van der Waals surface area contributed by atoms with Crippen LogP contribution in [0, 0.1) is 5.82 Å². The molecule has 19 heavy (non-hydrogen) atoms. The van der Waals surface area contributed by atoms with Crippen LogP contribution < -0.4 is 10.6 Å². The van der Waals surface area contributed by atoms with E-state index in [-0.39, 0.29) is 16.9 Å². The van der Waals surface area contributed by atoms with Crippen molar-refractivity contribution in [3.63, 3.8) is 0 Å². The van der Waals surface area contributed by atoms with Crippen LogP contribution in [0.4, 0.5) is 10.1 Å². The van der Waals surface area contributed by atoms with Crippen molar-refractivity contribution in [3.8, 4) is 0 Å². The fourth-order valence-corrected chi connectivity index (χ4v) is 3.60. The van der Waals surface area contributed by atoms with Gasteiger partial charge in [0.25, 0.3) is 0 Å². The monoisotopic (exact) mass is 280 g/mol. The van der Waals surface area contributed by atoms with Gasteiger partial charge < -0.3 is 15.7 Å². The summed E-state index contributed by atoms with van der Waals surface area (Å²) in [5, 5.41) is 9.79. The summed E-state index contributed by atoms with van der Waals surface area (Å²) < 4.78 is 14.0. The van der Waals surface area contributed by atoms with Gasteiger partial charge >= 0.3 is 0 Å². The van der Waals surface area contributed by atoms with Gasteiger partial charge in [-0.3, -0.25) is 0 Å². The standard InChI is InChI=1S/C14H17FN2OS/c15-13-7-10(3-4-12(13)14(16)19)17-8-1-2-9(17)6-11(18)5-8/h3-4,7-9,11,18H,1-2,5-6H2,(H2,16,19). The van der Waals surface area contributed by atoms with Gasteiger partial charge in [-0.1, -0.05) is 12.2 Å². The van der Waals surface area contributed by atoms with E-state index in [0.717, 1.165) is 31.4 Å². The van der Waals surface area contributed by atoms with Crippen LogP contribution in [0.2, 0.25) is 0 Å². The van der Waals surface area contributed by atoms with Crippen LogP contribution >= 0.6 is 12.2 Å². The highest BCUT2D eigenvalue weighted by Gasteiger charge is 2.40. The molecule has 3 rings (SSSR count). The molecule has 1 aromatic carbocycles. The molecule has 2 aliphatic heterocycles. The Kier molecular flexibility index (Phi) is 3.19. The van der Waals surface area contributed by atoms with Crippen LogP contribution in [0.5, 0.6) is 0 Å². The Bertz CT molecular complexity index is 508. The number of thiocarbonyl (C=S) groups is 1. The third kappa shape index (κ3) is 2.21. The summed E-state index contributed by atoms with van der Waals surface area (Å²) in [7, 11) is 0. The molecule has 1 aromatic rings. The first-order valence-electron chi connectivity index (χ1n) is 6.62. The molecule has 0 saturated carbocycles. The Hall–Kier alpha value is -1.20. The zero-order valence-electron chi connectivity index (χ0n) is 10.6. The number of rotatable bonds is 2. The summed E-state index contributed by atoms with van der Waals surface area (Å²) >= 11 is 4.81. The minimum absolute atomic E-state index is 0.0843. The molecule has 2 aliphatic rings. The minimum Gasteiger partial charge on any atom is -0.393 e. The van der Waals surface area contributed by atoms with E-state index in [1.165, 1.54) is 6.07 Å². The average molecular weight is 280 g/mol. The van der Waals surface area contributed by atoms with E-state index in [1.54, 1.807) is 6.07 Å². The van der Waals surface area contributed by atoms with Crippen LogP contribution in [0.3, 0.4) is 0 Å². The summed E-state index contributed by atoms with van der Waals surface area (Å²) in [6.45, 7) is 0. The van der Waals surface area contributed by atoms with Crippen molar-refractivity contribution in [2.45, 2.75) is 43.9 Å². The molecule has 2 atom stereocenters. The van der Waals surface area contributed by atoms with Crippen molar-refractivity contribution in [2.75, 3.05) is 4.90 Å². The number of halogens is 1. The van der Waals surface area contributed by atoms with Crippen molar-refractivity contribution in [2.24, 2.45) is 5.73 Å². The van der Waals surface area contributed by atoms with E-state index in [0.29, 0.717) is 17.6 Å². The van der Waals surface area contributed by atoms with Crippen LogP contribution in [-0.4, -0.2) is 28.3 Å². The lowest BCUT2D eigenvalue weighted by molar-refractivity contribution is 0.126. The number of benzene rings is 1. The van der Waals surface area contributed by atoms with E-state index in [1.807, 2.05) is 6.07 Å². The van der Waals surface area contributed by atoms with E-state index >= 15 is 0 Å². The summed E-state index contributed by atoms with van der Waals surface area (Å²) in [5.74, 6) is -0.365. The molecule has 102 valence electrons. The molecule has 2 bridgehead atoms. The molecule has 2 saturated heterocycles. The third-order valence-corrected chi connectivity index (χ3v) is 4.44. The predicted octanol–water partition coefficient (Wildman–Crippen LogP) is 1.95. The van der Waals surface area contributed by atoms with E-state index in [4.69, 9.17) is 18.0 Å². The lowest BCUT2D eigenvalue weighted by Crippen LogP contribution is -2.44. The Morgan fingerprint density at radius 2 is 1.95 bits per heavy atom. The number of piperidine rings is 1. The van der Waals surface area contributed by atoms with Crippen molar-refractivity contribution in [1.29, 1.82) is 0 Å². The van der Waals surface area contributed by atoms with Crippen LogP contribution in [0.15, 0.2) is 18.2 Å². The second-order valence-electron chi connectivity index (χ2n) is 5.45. The fourth-order valence-electron chi connectivity index (χ4n) is 3.43. The molecular weight excluding hydrogens is 263 g/mol. The van der Waals surface area contributed by atoms with Gasteiger partial charge in [0.1, 0.15) is 10.8 Å². The molecule has 0 aromatic heterocycles. The smallest absolute Gasteiger partial charge is 0.135 e. The maximum atomic E-state index is 14.0. The fraction of sp³-hybridized carbons (Fsp3) is 0.500. The largest absolute Gasteiger partial charge is 0.393 e. The molecule has 0 spiro atoms. The van der Waals surface area contributed by atoms with Gasteiger partial charge in [-0.2, -0.15) is 0 Å². The van der Waals surface area contributed by atoms with Gasteiger partial charge in [0, 0.05) is 23.3 Å². The second-order valence-corrected chi connectivity index (χ2v) is 5.89. The zero-order chi connectivity index (χ0) is 13.6. The van der Waals surface area contributed by atoms with Crippen LogP contribution in [-0.2, 0) is 0 Å². The second kappa shape index (κ2) is 4.72.